The van der Waals surface area contributed by atoms with E-state index in [1.54, 1.807) is 5.57 Å². The van der Waals surface area contributed by atoms with E-state index in [1.807, 2.05) is 12.3 Å². The molecule has 5 nitrogen and oxygen atoms in total. The predicted molar refractivity (Wildman–Crippen MR) is 204 cm³/mol. The number of ether oxygens (including phenoxy) is 1. The Morgan fingerprint density at radius 2 is 1.63 bits per heavy atom. The average molecular weight is 651 g/mol. The fourth-order valence-corrected chi connectivity index (χ4v) is 8.26. The lowest BCUT2D eigenvalue weighted by Crippen LogP contribution is -2.24. The van der Waals surface area contributed by atoms with Crippen molar-refractivity contribution < 1.29 is 4.74 Å². The van der Waals surface area contributed by atoms with Crippen molar-refractivity contribution >= 4 is 21.8 Å². The maximum Gasteiger partial charge on any atom is 0.137 e. The second-order valence-electron chi connectivity index (χ2n) is 14.4. The van der Waals surface area contributed by atoms with Crippen LogP contribution in [-0.2, 0) is 0 Å². The quantitative estimate of drug-likeness (QED) is 0.146. The lowest BCUT2D eigenvalue weighted by atomic mass is 9.68. The molecular weight excluding hydrogens is 601 g/mol. The normalized spacial score (nSPS) is 18.1. The van der Waals surface area contributed by atoms with Crippen LogP contribution in [0.1, 0.15) is 100 Å². The topological polar surface area (TPSA) is 44.9 Å². The summed E-state index contributed by atoms with van der Waals surface area (Å²) in [5.41, 5.74) is 11.0. The van der Waals surface area contributed by atoms with Gasteiger partial charge in [0, 0.05) is 46.3 Å². The van der Waals surface area contributed by atoms with Gasteiger partial charge in [0.25, 0.3) is 0 Å². The van der Waals surface area contributed by atoms with E-state index in [0.29, 0.717) is 23.7 Å². The number of fused-ring (bicyclic) bond motifs is 3. The zero-order valence-corrected chi connectivity index (χ0v) is 30.4. The van der Waals surface area contributed by atoms with Crippen molar-refractivity contribution in [2.24, 2.45) is 11.8 Å². The van der Waals surface area contributed by atoms with Gasteiger partial charge in [0.2, 0.25) is 0 Å². The molecule has 3 atom stereocenters. The number of rotatable bonds is 9. The summed E-state index contributed by atoms with van der Waals surface area (Å²) in [6.07, 6.45) is 9.22. The third-order valence-corrected chi connectivity index (χ3v) is 10.9. The molecule has 0 aliphatic heterocycles. The largest absolute Gasteiger partial charge is 0.457 e. The van der Waals surface area contributed by atoms with Gasteiger partial charge in [-0.05, 0) is 111 Å². The molecule has 0 saturated heterocycles. The van der Waals surface area contributed by atoms with Crippen LogP contribution < -0.4 is 4.74 Å². The van der Waals surface area contributed by atoms with Gasteiger partial charge in [-0.3, -0.25) is 4.57 Å². The first-order valence-electron chi connectivity index (χ1n) is 18.3. The van der Waals surface area contributed by atoms with E-state index in [4.69, 9.17) is 14.8 Å². The summed E-state index contributed by atoms with van der Waals surface area (Å²) in [4.78, 5) is 4.76. The van der Waals surface area contributed by atoms with Crippen molar-refractivity contribution in [2.75, 3.05) is 0 Å². The SMILES string of the molecule is CCC1=CC(CC)C[C@H](CC)[C@@H]1c1c(C)nn(-c2cc(Oc3ccc4c5ccccc5n(-c5cc(C)ccn5)c4c3)cc(C(C)C)c2)c1C. The Morgan fingerprint density at radius 1 is 0.837 bits per heavy atom. The van der Waals surface area contributed by atoms with Crippen molar-refractivity contribution in [3.63, 3.8) is 0 Å². The van der Waals surface area contributed by atoms with Gasteiger partial charge in [0.1, 0.15) is 17.3 Å². The highest BCUT2D eigenvalue weighted by Crippen LogP contribution is 2.47. The van der Waals surface area contributed by atoms with Crippen molar-refractivity contribution in [3.05, 3.63) is 119 Å². The second-order valence-corrected chi connectivity index (χ2v) is 14.4. The maximum atomic E-state index is 6.75. The molecule has 0 fully saturated rings. The number of hydrogen-bond acceptors (Lipinski definition) is 3. The second kappa shape index (κ2) is 13.3. The van der Waals surface area contributed by atoms with E-state index in [-0.39, 0.29) is 0 Å². The number of hydrogen-bond donors (Lipinski definition) is 0. The fourth-order valence-electron chi connectivity index (χ4n) is 8.26. The predicted octanol–water partition coefficient (Wildman–Crippen LogP) is 12.1. The highest BCUT2D eigenvalue weighted by molar-refractivity contribution is 6.09. The van der Waals surface area contributed by atoms with Crippen molar-refractivity contribution in [1.82, 2.24) is 19.3 Å². The molecule has 0 bridgehead atoms. The van der Waals surface area contributed by atoms with Crippen LogP contribution in [0.3, 0.4) is 0 Å². The number of nitrogens with zero attached hydrogens (tertiary/aromatic N) is 4. The zero-order valence-electron chi connectivity index (χ0n) is 30.4. The summed E-state index contributed by atoms with van der Waals surface area (Å²) < 4.78 is 11.2. The summed E-state index contributed by atoms with van der Waals surface area (Å²) >= 11 is 0. The molecule has 49 heavy (non-hydrogen) atoms. The summed E-state index contributed by atoms with van der Waals surface area (Å²) in [5.74, 6) is 4.60. The van der Waals surface area contributed by atoms with Crippen LogP contribution in [0.2, 0.25) is 0 Å². The summed E-state index contributed by atoms with van der Waals surface area (Å²) in [6.45, 7) is 18.1. The van der Waals surface area contributed by atoms with Gasteiger partial charge in [0.15, 0.2) is 0 Å². The lowest BCUT2D eigenvalue weighted by Gasteiger charge is -2.36. The molecule has 252 valence electrons. The highest BCUT2D eigenvalue weighted by Gasteiger charge is 2.34. The molecule has 0 radical (unpaired) electrons. The number of para-hydroxylation sites is 1. The Labute approximate surface area is 291 Å². The van der Waals surface area contributed by atoms with Crippen LogP contribution in [0.15, 0.2) is 90.6 Å². The van der Waals surface area contributed by atoms with Gasteiger partial charge in [-0.15, -0.1) is 0 Å². The minimum Gasteiger partial charge on any atom is -0.457 e. The average Bonchev–Trinajstić information content (AvgIpc) is 3.59. The van der Waals surface area contributed by atoms with E-state index in [9.17, 15) is 0 Å². The minimum absolute atomic E-state index is 0.333. The molecule has 3 aromatic heterocycles. The van der Waals surface area contributed by atoms with Crippen molar-refractivity contribution in [3.8, 4) is 23.0 Å². The van der Waals surface area contributed by atoms with Gasteiger partial charge < -0.3 is 4.74 Å². The molecule has 0 N–H and O–H groups in total. The van der Waals surface area contributed by atoms with Gasteiger partial charge in [0.05, 0.1) is 22.4 Å². The molecule has 1 unspecified atom stereocenters. The van der Waals surface area contributed by atoms with Crippen LogP contribution in [0.25, 0.3) is 33.3 Å². The summed E-state index contributed by atoms with van der Waals surface area (Å²) in [6, 6.07) is 25.7. The smallest absolute Gasteiger partial charge is 0.137 e. The Morgan fingerprint density at radius 3 is 2.37 bits per heavy atom. The van der Waals surface area contributed by atoms with Crippen LogP contribution in [0.4, 0.5) is 0 Å². The van der Waals surface area contributed by atoms with Crippen LogP contribution in [0, 0.1) is 32.6 Å². The van der Waals surface area contributed by atoms with E-state index < -0.39 is 0 Å². The Hall–Kier alpha value is -4.64. The Balaban J connectivity index is 1.31. The lowest BCUT2D eigenvalue weighted by molar-refractivity contribution is 0.330. The molecule has 0 spiro atoms. The van der Waals surface area contributed by atoms with Gasteiger partial charge in [-0.1, -0.05) is 70.9 Å². The van der Waals surface area contributed by atoms with E-state index >= 15 is 0 Å². The van der Waals surface area contributed by atoms with Crippen molar-refractivity contribution in [2.45, 2.75) is 92.9 Å². The third kappa shape index (κ3) is 5.98. The third-order valence-electron chi connectivity index (χ3n) is 10.9. The molecule has 1 aliphatic rings. The van der Waals surface area contributed by atoms with Crippen molar-refractivity contribution in [1.29, 1.82) is 0 Å². The number of pyridine rings is 1. The number of allylic oxidation sites excluding steroid dienone is 2. The number of aryl methyl sites for hydroxylation is 2. The molecule has 5 heteroatoms. The summed E-state index contributed by atoms with van der Waals surface area (Å²) in [7, 11) is 0. The Bertz CT molecular complexity index is 2180. The van der Waals surface area contributed by atoms with Crippen LogP contribution in [-0.4, -0.2) is 19.3 Å². The first kappa shape index (κ1) is 32.9. The molecule has 1 aliphatic carbocycles. The standard InChI is InChI=1S/C44H50N4O/c1-9-31-21-32(10-2)44(33(11-3)22-31)43-29(7)46-48(30(43)8)35-23-34(27(4)5)24-37(25-35)49-36-16-17-39-38-14-12-13-15-40(38)47(41(39)26-36)42-20-28(6)18-19-45-42/h12-21,23-27,31,33,44H,9-11,22H2,1-8H3/t31?,33-,44+/m0/s1. The first-order valence-corrected chi connectivity index (χ1v) is 18.3. The molecule has 7 rings (SSSR count). The van der Waals surface area contributed by atoms with Gasteiger partial charge in [-0.2, -0.15) is 5.10 Å². The van der Waals surface area contributed by atoms with E-state index in [1.165, 1.54) is 52.4 Å². The molecule has 6 aromatic rings. The van der Waals surface area contributed by atoms with E-state index in [2.05, 4.69) is 137 Å². The maximum absolute atomic E-state index is 6.75. The zero-order chi connectivity index (χ0) is 34.4. The molecule has 3 aromatic carbocycles. The van der Waals surface area contributed by atoms with Crippen LogP contribution >= 0.6 is 0 Å². The van der Waals surface area contributed by atoms with Crippen LogP contribution in [0.5, 0.6) is 11.5 Å². The first-order chi connectivity index (χ1) is 23.7. The molecule has 0 saturated carbocycles. The number of benzene rings is 3. The fraction of sp³-hybridized carbons (Fsp3) is 0.364. The summed E-state index contributed by atoms with van der Waals surface area (Å²) in [5, 5.41) is 7.60. The monoisotopic (exact) mass is 650 g/mol. The molecular formula is C44H50N4O. The van der Waals surface area contributed by atoms with Gasteiger partial charge in [-0.25, -0.2) is 9.67 Å². The minimum atomic E-state index is 0.333. The van der Waals surface area contributed by atoms with E-state index in [0.717, 1.165) is 46.2 Å². The number of aromatic nitrogens is 4. The van der Waals surface area contributed by atoms with Gasteiger partial charge >= 0.3 is 0 Å². The highest BCUT2D eigenvalue weighted by atomic mass is 16.5. The Kier molecular flexibility index (Phi) is 8.96. The molecule has 0 amide bonds. The molecule has 3 heterocycles.